The molecule has 0 radical (unpaired) electrons. The second kappa shape index (κ2) is 10.1. The molecule has 28 heavy (non-hydrogen) atoms. The quantitative estimate of drug-likeness (QED) is 0.479. The number of anilines is 1. The molecule has 0 atom stereocenters. The molecule has 0 fully saturated rings. The number of hydrogen-bond donors (Lipinski definition) is 2. The van der Waals surface area contributed by atoms with Crippen molar-refractivity contribution in [2.75, 3.05) is 32.0 Å². The van der Waals surface area contributed by atoms with Gasteiger partial charge < -0.3 is 15.5 Å². The number of nitrogens with one attached hydrogen (secondary N) is 2. The van der Waals surface area contributed by atoms with Gasteiger partial charge in [0.1, 0.15) is 0 Å². The number of carbonyl (C=O) groups is 1. The van der Waals surface area contributed by atoms with E-state index in [9.17, 15) is 4.79 Å². The number of nitrogens with zero attached hydrogens (tertiary/aromatic N) is 2. The van der Waals surface area contributed by atoms with Gasteiger partial charge >= 0.3 is 0 Å². The summed E-state index contributed by atoms with van der Waals surface area (Å²) in [6, 6.07) is 13.6. The minimum atomic E-state index is -0.0357. The molecule has 2 aromatic carbocycles. The Hall–Kier alpha value is -1.86. The normalized spacial score (nSPS) is 11.1. The summed E-state index contributed by atoms with van der Waals surface area (Å²) in [5, 5.41) is 7.92. The summed E-state index contributed by atoms with van der Waals surface area (Å²) in [6.07, 6.45) is 0.866. The van der Waals surface area contributed by atoms with Gasteiger partial charge in [-0.25, -0.2) is 4.98 Å². The number of aromatic nitrogens is 1. The van der Waals surface area contributed by atoms with Gasteiger partial charge in [-0.2, -0.15) is 0 Å². The first-order valence-corrected chi connectivity index (χ1v) is 10.6. The molecule has 0 aliphatic heterocycles. The van der Waals surface area contributed by atoms with Gasteiger partial charge in [0.15, 0.2) is 5.13 Å². The topological polar surface area (TPSA) is 57.3 Å². The summed E-state index contributed by atoms with van der Waals surface area (Å²) in [5.74, 6) is -0.0357. The Morgan fingerprint density at radius 1 is 1.18 bits per heavy atom. The molecule has 0 spiro atoms. The van der Waals surface area contributed by atoms with Crippen molar-refractivity contribution < 1.29 is 4.79 Å². The van der Waals surface area contributed by atoms with E-state index in [1.165, 1.54) is 0 Å². The molecule has 1 aromatic heterocycles. The lowest BCUT2D eigenvalue weighted by molar-refractivity contribution is -0.119. The molecule has 8 heteroatoms. The Bertz CT molecular complexity index is 914. The zero-order valence-electron chi connectivity index (χ0n) is 15.5. The van der Waals surface area contributed by atoms with Crippen molar-refractivity contribution in [2.45, 2.75) is 13.0 Å². The summed E-state index contributed by atoms with van der Waals surface area (Å²) in [4.78, 5) is 18.6. The Balaban J connectivity index is 1.33. The molecule has 0 bridgehead atoms. The van der Waals surface area contributed by atoms with Gasteiger partial charge in [0.05, 0.1) is 26.8 Å². The van der Waals surface area contributed by atoms with Crippen LogP contribution in [0.3, 0.4) is 0 Å². The number of fused-ring (bicyclic) bond motifs is 1. The zero-order chi connectivity index (χ0) is 19.9. The SMILES string of the molecule is CN(CCCNC(=O)CNc1nc2ccccc2s1)Cc1ccc(Cl)c(Cl)c1. The van der Waals surface area contributed by atoms with Gasteiger partial charge in [-0.1, -0.05) is 52.7 Å². The van der Waals surface area contributed by atoms with Crippen LogP contribution in [0.15, 0.2) is 42.5 Å². The third-order valence-electron chi connectivity index (χ3n) is 4.17. The molecule has 0 saturated carbocycles. The van der Waals surface area contributed by atoms with Crippen LogP contribution in [-0.4, -0.2) is 42.5 Å². The van der Waals surface area contributed by atoms with Gasteiger partial charge in [-0.3, -0.25) is 4.79 Å². The van der Waals surface area contributed by atoms with E-state index in [1.807, 2.05) is 49.5 Å². The maximum atomic E-state index is 12.0. The molecule has 0 aliphatic carbocycles. The van der Waals surface area contributed by atoms with E-state index in [0.29, 0.717) is 16.6 Å². The average Bonchev–Trinajstić information content (AvgIpc) is 3.09. The number of halogens is 2. The van der Waals surface area contributed by atoms with Crippen molar-refractivity contribution in [1.29, 1.82) is 0 Å². The largest absolute Gasteiger partial charge is 0.355 e. The zero-order valence-corrected chi connectivity index (χ0v) is 17.9. The van der Waals surface area contributed by atoms with E-state index in [1.54, 1.807) is 11.3 Å². The van der Waals surface area contributed by atoms with Crippen molar-refractivity contribution in [2.24, 2.45) is 0 Å². The number of rotatable bonds is 9. The first-order chi connectivity index (χ1) is 13.5. The molecule has 1 heterocycles. The van der Waals surface area contributed by atoms with E-state index < -0.39 is 0 Å². The highest BCUT2D eigenvalue weighted by atomic mass is 35.5. The van der Waals surface area contributed by atoms with E-state index in [2.05, 4.69) is 20.5 Å². The summed E-state index contributed by atoms with van der Waals surface area (Å²) < 4.78 is 1.11. The lowest BCUT2D eigenvalue weighted by Crippen LogP contribution is -2.32. The first kappa shape index (κ1) is 20.9. The summed E-state index contributed by atoms with van der Waals surface area (Å²) in [7, 11) is 2.04. The van der Waals surface area contributed by atoms with Crippen LogP contribution >= 0.6 is 34.5 Å². The molecule has 1 amide bonds. The first-order valence-electron chi connectivity index (χ1n) is 9.00. The number of benzene rings is 2. The Kier molecular flexibility index (Phi) is 7.50. The predicted molar refractivity (Wildman–Crippen MR) is 119 cm³/mol. The van der Waals surface area contributed by atoms with Gasteiger partial charge in [0.2, 0.25) is 5.91 Å². The van der Waals surface area contributed by atoms with E-state index in [-0.39, 0.29) is 12.5 Å². The second-order valence-corrected chi connectivity index (χ2v) is 8.38. The predicted octanol–water partition coefficient (Wildman–Crippen LogP) is 4.65. The monoisotopic (exact) mass is 436 g/mol. The van der Waals surface area contributed by atoms with E-state index >= 15 is 0 Å². The Morgan fingerprint density at radius 3 is 2.79 bits per heavy atom. The highest BCUT2D eigenvalue weighted by molar-refractivity contribution is 7.22. The maximum absolute atomic E-state index is 12.0. The Morgan fingerprint density at radius 2 is 2.00 bits per heavy atom. The summed E-state index contributed by atoms with van der Waals surface area (Å²) in [5.41, 5.74) is 2.06. The number of carbonyl (C=O) groups excluding carboxylic acids is 1. The lowest BCUT2D eigenvalue weighted by atomic mass is 10.2. The summed E-state index contributed by atoms with van der Waals surface area (Å²) in [6.45, 7) is 2.50. The number of thiazole rings is 1. The molecule has 148 valence electrons. The second-order valence-electron chi connectivity index (χ2n) is 6.53. The van der Waals surface area contributed by atoms with Crippen LogP contribution in [0.5, 0.6) is 0 Å². The fourth-order valence-corrected chi connectivity index (χ4v) is 3.95. The molecular weight excluding hydrogens is 415 g/mol. The lowest BCUT2D eigenvalue weighted by Gasteiger charge is -2.17. The third kappa shape index (κ3) is 6.07. The molecular formula is C20H22Cl2N4OS. The minimum Gasteiger partial charge on any atom is -0.355 e. The smallest absolute Gasteiger partial charge is 0.239 e. The highest BCUT2D eigenvalue weighted by Gasteiger charge is 2.06. The molecule has 3 aromatic rings. The van der Waals surface area contributed by atoms with Crippen LogP contribution < -0.4 is 10.6 Å². The third-order valence-corrected chi connectivity index (χ3v) is 5.90. The fraction of sp³-hybridized carbons (Fsp3) is 0.300. The molecule has 0 saturated heterocycles. The van der Waals surface area contributed by atoms with E-state index in [0.717, 1.165) is 40.4 Å². The standard InChI is InChI=1S/C20H22Cl2N4OS/c1-26(13-14-7-8-15(21)16(22)11-14)10-4-9-23-19(27)12-24-20-25-17-5-2-3-6-18(17)28-20/h2-3,5-8,11H,4,9-10,12-13H2,1H3,(H,23,27)(H,24,25). The molecule has 0 unspecified atom stereocenters. The minimum absolute atomic E-state index is 0.0357. The van der Waals surface area contributed by atoms with E-state index in [4.69, 9.17) is 23.2 Å². The summed E-state index contributed by atoms with van der Waals surface area (Å²) >= 11 is 13.5. The highest BCUT2D eigenvalue weighted by Crippen LogP contribution is 2.25. The number of hydrogen-bond acceptors (Lipinski definition) is 5. The number of para-hydroxylation sites is 1. The fourth-order valence-electron chi connectivity index (χ4n) is 2.77. The van der Waals surface area contributed by atoms with Crippen molar-refractivity contribution in [1.82, 2.24) is 15.2 Å². The van der Waals surface area contributed by atoms with Crippen LogP contribution in [0.1, 0.15) is 12.0 Å². The number of amides is 1. The van der Waals surface area contributed by atoms with Gasteiger partial charge in [-0.05, 0) is 49.8 Å². The Labute approximate surface area is 178 Å². The van der Waals surface area contributed by atoms with Crippen molar-refractivity contribution in [3.8, 4) is 0 Å². The molecule has 0 aliphatic rings. The van der Waals surface area contributed by atoms with Gasteiger partial charge in [-0.15, -0.1) is 0 Å². The molecule has 3 rings (SSSR count). The van der Waals surface area contributed by atoms with Crippen molar-refractivity contribution in [3.05, 3.63) is 58.1 Å². The molecule has 5 nitrogen and oxygen atoms in total. The maximum Gasteiger partial charge on any atom is 0.239 e. The van der Waals surface area contributed by atoms with Gasteiger partial charge in [0, 0.05) is 13.1 Å². The van der Waals surface area contributed by atoms with Crippen LogP contribution in [-0.2, 0) is 11.3 Å². The van der Waals surface area contributed by atoms with Crippen LogP contribution in [0.4, 0.5) is 5.13 Å². The van der Waals surface area contributed by atoms with Gasteiger partial charge in [0.25, 0.3) is 0 Å². The van der Waals surface area contributed by atoms with Crippen molar-refractivity contribution >= 4 is 55.8 Å². The van der Waals surface area contributed by atoms with Crippen LogP contribution in [0, 0.1) is 0 Å². The van der Waals surface area contributed by atoms with Crippen molar-refractivity contribution in [3.63, 3.8) is 0 Å². The van der Waals surface area contributed by atoms with Crippen LogP contribution in [0.25, 0.3) is 10.2 Å². The molecule has 2 N–H and O–H groups in total. The van der Waals surface area contributed by atoms with Crippen LogP contribution in [0.2, 0.25) is 10.0 Å². The average molecular weight is 437 g/mol.